The first-order chi connectivity index (χ1) is 17.5. The van der Waals surface area contributed by atoms with E-state index in [4.69, 9.17) is 0 Å². The molecule has 0 aliphatic heterocycles. The maximum absolute atomic E-state index is 13.8. The van der Waals surface area contributed by atoms with Crippen molar-refractivity contribution in [2.45, 2.75) is 25.2 Å². The molecule has 0 radical (unpaired) electrons. The molecule has 0 spiro atoms. The van der Waals surface area contributed by atoms with Gasteiger partial charge in [0.05, 0.1) is 23.1 Å². The van der Waals surface area contributed by atoms with Crippen molar-refractivity contribution in [1.29, 1.82) is 0 Å². The minimum atomic E-state index is -2.76. The molecule has 1 amide bonds. The van der Waals surface area contributed by atoms with E-state index in [1.165, 1.54) is 45.9 Å². The largest absolute Gasteiger partial charge is 0.322 e. The summed E-state index contributed by atoms with van der Waals surface area (Å²) in [6.45, 7) is 0. The molecular formula is C25H19F2N7O2. The number of benzene rings is 1. The number of carbonyl (C=O) groups is 1. The third kappa shape index (κ3) is 3.74. The van der Waals surface area contributed by atoms with Crippen LogP contribution in [-0.4, -0.2) is 34.9 Å². The van der Waals surface area contributed by atoms with E-state index in [1.807, 2.05) is 0 Å². The van der Waals surface area contributed by atoms with Gasteiger partial charge in [-0.05, 0) is 49.2 Å². The van der Waals surface area contributed by atoms with E-state index < -0.39 is 12.3 Å². The highest BCUT2D eigenvalue weighted by atomic mass is 19.3. The van der Waals surface area contributed by atoms with Crippen LogP contribution in [0, 0.1) is 0 Å². The van der Waals surface area contributed by atoms with E-state index in [2.05, 4.69) is 20.5 Å². The summed E-state index contributed by atoms with van der Waals surface area (Å²) >= 11 is 0. The summed E-state index contributed by atoms with van der Waals surface area (Å²) < 4.78 is 32.0. The fourth-order valence-corrected chi connectivity index (χ4v) is 4.31. The average molecular weight is 487 g/mol. The first kappa shape index (κ1) is 21.8. The number of aromatic nitrogens is 6. The number of halogens is 2. The lowest BCUT2D eigenvalue weighted by atomic mass is 10.1. The van der Waals surface area contributed by atoms with Crippen LogP contribution in [0.25, 0.3) is 17.0 Å². The lowest BCUT2D eigenvalue weighted by Gasteiger charge is -2.13. The van der Waals surface area contributed by atoms with E-state index >= 15 is 0 Å². The zero-order chi connectivity index (χ0) is 24.8. The SMILES string of the molecule is O=C(Nc1ccc(-n2cccn2)c(C(F)F)c1)c1cnn(-c2cccn3c(=O)ccnc23)c1C1CC1. The van der Waals surface area contributed by atoms with Crippen molar-refractivity contribution in [1.82, 2.24) is 28.9 Å². The Hall–Kier alpha value is -4.67. The van der Waals surface area contributed by atoms with Crippen LogP contribution in [0.2, 0.25) is 0 Å². The number of carbonyl (C=O) groups excluding carboxylic acids is 1. The van der Waals surface area contributed by atoms with E-state index in [0.717, 1.165) is 12.8 Å². The smallest absolute Gasteiger partial charge is 0.266 e. The molecule has 1 aliphatic rings. The number of anilines is 1. The van der Waals surface area contributed by atoms with E-state index in [1.54, 1.807) is 41.3 Å². The number of rotatable bonds is 6. The van der Waals surface area contributed by atoms with Crippen LogP contribution in [-0.2, 0) is 0 Å². The van der Waals surface area contributed by atoms with Crippen molar-refractivity contribution < 1.29 is 13.6 Å². The number of hydrogen-bond donors (Lipinski definition) is 1. The maximum atomic E-state index is 13.8. The van der Waals surface area contributed by atoms with Crippen molar-refractivity contribution in [3.8, 4) is 11.4 Å². The zero-order valence-electron chi connectivity index (χ0n) is 18.8. The van der Waals surface area contributed by atoms with Gasteiger partial charge in [-0.25, -0.2) is 23.1 Å². The lowest BCUT2D eigenvalue weighted by Crippen LogP contribution is -2.17. The Kier molecular flexibility index (Phi) is 5.17. The van der Waals surface area contributed by atoms with Crippen LogP contribution in [0.3, 0.4) is 0 Å². The number of hydrogen-bond acceptors (Lipinski definition) is 5. The Morgan fingerprint density at radius 3 is 2.64 bits per heavy atom. The molecule has 4 heterocycles. The number of fused-ring (bicyclic) bond motifs is 1. The summed E-state index contributed by atoms with van der Waals surface area (Å²) in [6.07, 6.45) is 6.61. The quantitative estimate of drug-likeness (QED) is 0.388. The molecular weight excluding hydrogens is 468 g/mol. The van der Waals surface area contributed by atoms with Gasteiger partial charge in [0.25, 0.3) is 17.9 Å². The number of pyridine rings is 1. The Labute approximate surface area is 202 Å². The second-order valence-electron chi connectivity index (χ2n) is 8.48. The topological polar surface area (TPSA) is 99.1 Å². The molecule has 1 saturated carbocycles. The van der Waals surface area contributed by atoms with Crippen molar-refractivity contribution in [3.05, 3.63) is 101 Å². The molecule has 11 heteroatoms. The molecule has 6 rings (SSSR count). The van der Waals surface area contributed by atoms with Gasteiger partial charge in [0, 0.05) is 48.0 Å². The molecule has 1 fully saturated rings. The molecule has 1 aliphatic carbocycles. The molecule has 1 aromatic carbocycles. The summed E-state index contributed by atoms with van der Waals surface area (Å²) in [5.74, 6) is -0.344. The van der Waals surface area contributed by atoms with Crippen LogP contribution >= 0.6 is 0 Å². The molecule has 180 valence electrons. The number of nitrogens with zero attached hydrogens (tertiary/aromatic N) is 6. The Morgan fingerprint density at radius 2 is 1.89 bits per heavy atom. The molecule has 4 aromatic heterocycles. The normalized spacial score (nSPS) is 13.4. The third-order valence-corrected chi connectivity index (χ3v) is 6.11. The van der Waals surface area contributed by atoms with E-state index in [9.17, 15) is 18.4 Å². The predicted molar refractivity (Wildman–Crippen MR) is 127 cm³/mol. The summed E-state index contributed by atoms with van der Waals surface area (Å²) in [5, 5.41) is 11.2. The monoisotopic (exact) mass is 487 g/mol. The number of amides is 1. The summed E-state index contributed by atoms with van der Waals surface area (Å²) in [6, 6.07) is 10.8. The zero-order valence-corrected chi connectivity index (χ0v) is 18.8. The summed E-state index contributed by atoms with van der Waals surface area (Å²) in [7, 11) is 0. The number of alkyl halides is 2. The molecule has 0 atom stereocenters. The second-order valence-corrected chi connectivity index (χ2v) is 8.48. The second kappa shape index (κ2) is 8.52. The van der Waals surface area contributed by atoms with Crippen LogP contribution in [0.4, 0.5) is 14.5 Å². The molecule has 36 heavy (non-hydrogen) atoms. The fourth-order valence-electron chi connectivity index (χ4n) is 4.31. The van der Waals surface area contributed by atoms with Gasteiger partial charge < -0.3 is 5.32 Å². The Balaban J connectivity index is 1.37. The minimum Gasteiger partial charge on any atom is -0.322 e. The molecule has 9 nitrogen and oxygen atoms in total. The van der Waals surface area contributed by atoms with E-state index in [-0.39, 0.29) is 28.4 Å². The van der Waals surface area contributed by atoms with Crippen molar-refractivity contribution >= 4 is 17.2 Å². The molecule has 0 bridgehead atoms. The van der Waals surface area contributed by atoms with Gasteiger partial charge in [-0.2, -0.15) is 10.2 Å². The Bertz CT molecular complexity index is 1650. The highest BCUT2D eigenvalue weighted by Crippen LogP contribution is 2.43. The van der Waals surface area contributed by atoms with Gasteiger partial charge in [-0.3, -0.25) is 14.0 Å². The van der Waals surface area contributed by atoms with E-state index in [0.29, 0.717) is 22.6 Å². The molecule has 0 saturated heterocycles. The minimum absolute atomic E-state index is 0.114. The molecule has 1 N–H and O–H groups in total. The van der Waals surface area contributed by atoms with Gasteiger partial charge in [0.2, 0.25) is 0 Å². The standard InChI is InChI=1S/C25H19F2N7O2/c26-23(27)17-13-16(6-7-19(17)33-12-2-9-29-33)31-25(36)18-14-30-34(22(18)15-4-5-15)20-3-1-11-32-21(35)8-10-28-24(20)32/h1-3,6-15,23H,4-5H2,(H,31,36). The first-order valence-corrected chi connectivity index (χ1v) is 11.3. The predicted octanol–water partition coefficient (Wildman–Crippen LogP) is 4.13. The third-order valence-electron chi connectivity index (χ3n) is 6.11. The van der Waals surface area contributed by atoms with Gasteiger partial charge in [-0.1, -0.05) is 0 Å². The van der Waals surface area contributed by atoms with Crippen molar-refractivity contribution in [2.24, 2.45) is 0 Å². The van der Waals surface area contributed by atoms with Crippen LogP contribution in [0.15, 0.2) is 78.2 Å². The van der Waals surface area contributed by atoms with Gasteiger partial charge in [-0.15, -0.1) is 0 Å². The highest BCUT2D eigenvalue weighted by molar-refractivity contribution is 6.05. The molecule has 5 aromatic rings. The lowest BCUT2D eigenvalue weighted by molar-refractivity contribution is 0.102. The average Bonchev–Trinajstić information content (AvgIpc) is 3.38. The fraction of sp³-hybridized carbons (Fsp3) is 0.160. The Morgan fingerprint density at radius 1 is 1.03 bits per heavy atom. The van der Waals surface area contributed by atoms with Crippen molar-refractivity contribution in [3.63, 3.8) is 0 Å². The van der Waals surface area contributed by atoms with Crippen LogP contribution in [0.5, 0.6) is 0 Å². The van der Waals surface area contributed by atoms with Crippen molar-refractivity contribution in [2.75, 3.05) is 5.32 Å². The summed E-state index contributed by atoms with van der Waals surface area (Å²) in [4.78, 5) is 29.9. The van der Waals surface area contributed by atoms with Crippen LogP contribution in [0.1, 0.15) is 46.8 Å². The maximum Gasteiger partial charge on any atom is 0.266 e. The van der Waals surface area contributed by atoms with Gasteiger partial charge >= 0.3 is 0 Å². The molecule has 0 unspecified atom stereocenters. The van der Waals surface area contributed by atoms with Crippen LogP contribution < -0.4 is 10.9 Å². The van der Waals surface area contributed by atoms with Gasteiger partial charge in [0.1, 0.15) is 5.69 Å². The first-order valence-electron chi connectivity index (χ1n) is 11.3. The number of nitrogens with one attached hydrogen (secondary N) is 1. The highest BCUT2D eigenvalue weighted by Gasteiger charge is 2.33. The van der Waals surface area contributed by atoms with Gasteiger partial charge in [0.15, 0.2) is 5.65 Å². The summed E-state index contributed by atoms with van der Waals surface area (Å²) in [5.41, 5.74) is 2.01.